The third-order valence-electron chi connectivity index (χ3n) is 4.29. The van der Waals surface area contributed by atoms with Gasteiger partial charge in [-0.2, -0.15) is 15.8 Å². The molecule has 130 valence electrons. The molecule has 2 heterocycles. The molecule has 1 aromatic heterocycles. The van der Waals surface area contributed by atoms with E-state index in [1.807, 2.05) is 18.2 Å². The number of benzene rings is 1. The van der Waals surface area contributed by atoms with Crippen molar-refractivity contribution in [1.82, 2.24) is 4.98 Å². The van der Waals surface area contributed by atoms with Crippen molar-refractivity contribution in [3.05, 3.63) is 53.3 Å². The molecule has 0 saturated carbocycles. The van der Waals surface area contributed by atoms with Crippen LogP contribution in [0.1, 0.15) is 30.7 Å². The molecule has 1 fully saturated rings. The minimum atomic E-state index is -0.992. The zero-order valence-corrected chi connectivity index (χ0v) is 15.3. The van der Waals surface area contributed by atoms with Crippen LogP contribution in [0, 0.1) is 34.0 Å². The van der Waals surface area contributed by atoms with Gasteiger partial charge in [-0.15, -0.1) is 0 Å². The van der Waals surface area contributed by atoms with Gasteiger partial charge >= 0.3 is 0 Å². The van der Waals surface area contributed by atoms with Gasteiger partial charge in [-0.1, -0.05) is 0 Å². The average Bonchev–Trinajstić information content (AvgIpc) is 2.85. The second-order valence-electron chi connectivity index (χ2n) is 6.28. The Hall–Kier alpha value is -3.80. The molecule has 0 aliphatic carbocycles. The van der Waals surface area contributed by atoms with Gasteiger partial charge in [0, 0.05) is 0 Å². The molecule has 1 aliphatic heterocycles. The second-order valence-corrected chi connectivity index (χ2v) is 6.65. The molecule has 1 aliphatic rings. The van der Waals surface area contributed by atoms with E-state index in [-0.39, 0.29) is 27.8 Å². The van der Waals surface area contributed by atoms with Gasteiger partial charge in [0.05, 0.1) is 28.7 Å². The molecule has 0 N–H and O–H groups in total. The molecule has 3 rings (SSSR count). The lowest BCUT2D eigenvalue weighted by Gasteiger charge is -2.29. The summed E-state index contributed by atoms with van der Waals surface area (Å²) >= 11 is 5.54. The first-order valence-corrected chi connectivity index (χ1v) is 8.25. The van der Waals surface area contributed by atoms with Crippen LogP contribution in [0.25, 0.3) is 0 Å². The highest BCUT2D eigenvalue weighted by atomic mass is 32.1. The fourth-order valence-corrected chi connectivity index (χ4v) is 3.42. The van der Waals surface area contributed by atoms with Crippen molar-refractivity contribution in [2.75, 3.05) is 9.80 Å². The van der Waals surface area contributed by atoms with E-state index >= 15 is 0 Å². The van der Waals surface area contributed by atoms with Crippen LogP contribution in [0.3, 0.4) is 0 Å². The Bertz CT molecular complexity index is 1090. The van der Waals surface area contributed by atoms with Gasteiger partial charge in [0.15, 0.2) is 5.11 Å². The smallest absolute Gasteiger partial charge is 0.259 e. The lowest BCUT2D eigenvalue weighted by molar-refractivity contribution is -0.120. The first-order valence-electron chi connectivity index (χ1n) is 7.84. The maximum atomic E-state index is 13.1. The molecule has 0 unspecified atom stereocenters. The number of carbonyl (C=O) groups is 1. The number of rotatable bonds is 2. The van der Waals surface area contributed by atoms with Crippen molar-refractivity contribution in [3.8, 4) is 18.2 Å². The monoisotopic (exact) mass is 372 g/mol. The van der Waals surface area contributed by atoms with E-state index in [4.69, 9.17) is 22.7 Å². The van der Waals surface area contributed by atoms with Gasteiger partial charge < -0.3 is 4.90 Å². The Kier molecular flexibility index (Phi) is 4.33. The van der Waals surface area contributed by atoms with Gasteiger partial charge in [0.1, 0.15) is 29.4 Å². The SMILES string of the molecule is CC1(C)C(=O)N(c2ccc(C#N)c(C#N)c2)C(=S)N1c1ccc(C#N)nc1. The second kappa shape index (κ2) is 6.49. The molecule has 0 atom stereocenters. The van der Waals surface area contributed by atoms with E-state index in [9.17, 15) is 10.1 Å². The molecular weight excluding hydrogens is 360 g/mol. The van der Waals surface area contributed by atoms with Gasteiger partial charge in [-0.05, 0) is 56.4 Å². The molecule has 1 aromatic carbocycles. The van der Waals surface area contributed by atoms with E-state index in [1.54, 1.807) is 36.9 Å². The maximum Gasteiger partial charge on any atom is 0.259 e. The summed E-state index contributed by atoms with van der Waals surface area (Å²) in [7, 11) is 0. The highest BCUT2D eigenvalue weighted by Gasteiger charge is 2.50. The Labute approximate surface area is 161 Å². The summed E-state index contributed by atoms with van der Waals surface area (Å²) in [6.07, 6.45) is 1.49. The normalized spacial score (nSPS) is 15.2. The standard InChI is InChI=1S/C19H12N6OS/c1-19(2)17(26)24(15-5-3-12(8-20)13(7-15)9-21)18(27)25(19)16-6-4-14(10-22)23-11-16/h3-7,11H,1-2H3. The zero-order valence-electron chi connectivity index (χ0n) is 14.5. The molecule has 2 aromatic rings. The van der Waals surface area contributed by atoms with Crippen molar-refractivity contribution in [3.63, 3.8) is 0 Å². The summed E-state index contributed by atoms with van der Waals surface area (Å²) in [6.45, 7) is 3.46. The molecule has 7 nitrogen and oxygen atoms in total. The van der Waals surface area contributed by atoms with Gasteiger partial charge in [0.25, 0.3) is 5.91 Å². The Morgan fingerprint density at radius 1 is 1.00 bits per heavy atom. The molecule has 27 heavy (non-hydrogen) atoms. The predicted octanol–water partition coefficient (Wildman–Crippen LogP) is 2.61. The van der Waals surface area contributed by atoms with E-state index in [1.165, 1.54) is 23.2 Å². The van der Waals surface area contributed by atoms with E-state index < -0.39 is 5.54 Å². The summed E-state index contributed by atoms with van der Waals surface area (Å²) in [5.74, 6) is -0.273. The molecule has 1 amide bonds. The third kappa shape index (κ3) is 2.77. The van der Waals surface area contributed by atoms with E-state index in [2.05, 4.69) is 4.98 Å². The third-order valence-corrected chi connectivity index (χ3v) is 4.66. The first-order chi connectivity index (χ1) is 12.8. The number of nitriles is 3. The van der Waals surface area contributed by atoms with Gasteiger partial charge in [-0.25, -0.2) is 4.98 Å². The molecule has 1 saturated heterocycles. The average molecular weight is 372 g/mol. The van der Waals surface area contributed by atoms with E-state index in [0.29, 0.717) is 11.4 Å². The van der Waals surface area contributed by atoms with Crippen LogP contribution >= 0.6 is 12.2 Å². The van der Waals surface area contributed by atoms with Crippen LogP contribution in [0.15, 0.2) is 36.5 Å². The van der Waals surface area contributed by atoms with Crippen molar-refractivity contribution >= 4 is 34.6 Å². The fourth-order valence-electron chi connectivity index (χ4n) is 2.90. The van der Waals surface area contributed by atoms with Crippen molar-refractivity contribution in [2.24, 2.45) is 0 Å². The van der Waals surface area contributed by atoms with Crippen molar-refractivity contribution in [1.29, 1.82) is 15.8 Å². The van der Waals surface area contributed by atoms with Gasteiger partial charge in [-0.3, -0.25) is 9.69 Å². The predicted molar refractivity (Wildman–Crippen MR) is 101 cm³/mol. The Morgan fingerprint density at radius 3 is 2.22 bits per heavy atom. The zero-order chi connectivity index (χ0) is 19.8. The van der Waals surface area contributed by atoms with Crippen molar-refractivity contribution < 1.29 is 4.79 Å². The minimum Gasteiger partial charge on any atom is -0.302 e. The number of pyridine rings is 1. The number of nitrogens with zero attached hydrogens (tertiary/aromatic N) is 6. The Morgan fingerprint density at radius 2 is 1.67 bits per heavy atom. The van der Waals surface area contributed by atoms with Crippen LogP contribution in [-0.4, -0.2) is 21.5 Å². The van der Waals surface area contributed by atoms with Crippen LogP contribution in [0.4, 0.5) is 11.4 Å². The first kappa shape index (κ1) is 18.0. The van der Waals surface area contributed by atoms with Crippen LogP contribution in [0.5, 0.6) is 0 Å². The van der Waals surface area contributed by atoms with Crippen LogP contribution in [-0.2, 0) is 4.79 Å². The Balaban J connectivity index is 2.08. The molecule has 8 heteroatoms. The molecular formula is C19H12N6OS. The van der Waals surface area contributed by atoms with Gasteiger partial charge in [0.2, 0.25) is 0 Å². The number of aromatic nitrogens is 1. The molecule has 0 spiro atoms. The number of carbonyl (C=O) groups excluding carboxylic acids is 1. The van der Waals surface area contributed by atoms with Crippen LogP contribution < -0.4 is 9.80 Å². The fraction of sp³-hybridized carbons (Fsp3) is 0.158. The topological polar surface area (TPSA) is 108 Å². The summed E-state index contributed by atoms with van der Waals surface area (Å²) in [4.78, 5) is 20.1. The maximum absolute atomic E-state index is 13.1. The largest absolute Gasteiger partial charge is 0.302 e. The number of amides is 1. The summed E-state index contributed by atoms with van der Waals surface area (Å²) in [5.41, 5.74) is 0.656. The number of anilines is 2. The lowest BCUT2D eigenvalue weighted by atomic mass is 10.0. The molecule has 0 radical (unpaired) electrons. The summed E-state index contributed by atoms with van der Waals surface area (Å²) in [6, 6.07) is 13.6. The highest BCUT2D eigenvalue weighted by molar-refractivity contribution is 7.81. The highest BCUT2D eigenvalue weighted by Crippen LogP contribution is 2.36. The number of thiocarbonyl (C=S) groups is 1. The number of hydrogen-bond acceptors (Lipinski definition) is 6. The quantitative estimate of drug-likeness (QED) is 0.746. The van der Waals surface area contributed by atoms with Crippen LogP contribution in [0.2, 0.25) is 0 Å². The lowest BCUT2D eigenvalue weighted by Crippen LogP contribution is -2.44. The number of hydrogen-bond donors (Lipinski definition) is 0. The van der Waals surface area contributed by atoms with E-state index in [0.717, 1.165) is 0 Å². The molecule has 0 bridgehead atoms. The van der Waals surface area contributed by atoms with Crippen molar-refractivity contribution in [2.45, 2.75) is 19.4 Å². The summed E-state index contributed by atoms with van der Waals surface area (Å²) in [5, 5.41) is 27.5. The minimum absolute atomic E-state index is 0.168. The summed E-state index contributed by atoms with van der Waals surface area (Å²) < 4.78 is 0.